The van der Waals surface area contributed by atoms with E-state index in [-0.39, 0.29) is 5.91 Å². The van der Waals surface area contributed by atoms with Crippen molar-refractivity contribution in [3.8, 4) is 0 Å². The van der Waals surface area contributed by atoms with Gasteiger partial charge in [-0.05, 0) is 32.0 Å². The van der Waals surface area contributed by atoms with Crippen LogP contribution in [0.25, 0.3) is 33.1 Å². The minimum atomic E-state index is -0.0570. The molecule has 0 aliphatic carbocycles. The first kappa shape index (κ1) is 17.8. The van der Waals surface area contributed by atoms with Crippen molar-refractivity contribution in [3.05, 3.63) is 59.1 Å². The van der Waals surface area contributed by atoms with Gasteiger partial charge in [-0.3, -0.25) is 4.79 Å². The zero-order valence-electron chi connectivity index (χ0n) is 16.1. The van der Waals surface area contributed by atoms with E-state index in [2.05, 4.69) is 27.0 Å². The van der Waals surface area contributed by atoms with E-state index in [4.69, 9.17) is 9.97 Å². The van der Waals surface area contributed by atoms with Crippen LogP contribution >= 0.6 is 11.3 Å². The summed E-state index contributed by atoms with van der Waals surface area (Å²) in [5, 5.41) is 4.61. The molecule has 2 aromatic carbocycles. The molecule has 144 valence electrons. The molecular weight excluding hydrogens is 382 g/mol. The number of hydrogen-bond donors (Lipinski definition) is 1. The summed E-state index contributed by atoms with van der Waals surface area (Å²) in [4.78, 5) is 27.7. The Labute approximate surface area is 171 Å². The number of carbonyl (C=O) groups is 1. The van der Waals surface area contributed by atoms with Gasteiger partial charge in [0.1, 0.15) is 5.52 Å². The van der Waals surface area contributed by atoms with Crippen LogP contribution in [0.3, 0.4) is 0 Å². The Hall–Kier alpha value is -3.32. The molecule has 7 heteroatoms. The number of fused-ring (bicyclic) bond motifs is 4. The maximum atomic E-state index is 12.5. The fraction of sp³-hybridized carbons (Fsp3) is 0.182. The zero-order chi connectivity index (χ0) is 20.0. The molecule has 0 radical (unpaired) electrons. The number of thiazole rings is 1. The van der Waals surface area contributed by atoms with Crippen LogP contribution in [0.4, 0.5) is 5.13 Å². The first-order valence-electron chi connectivity index (χ1n) is 9.48. The van der Waals surface area contributed by atoms with Gasteiger partial charge in [0, 0.05) is 23.2 Å². The molecule has 0 aliphatic rings. The predicted molar refractivity (Wildman–Crippen MR) is 117 cm³/mol. The zero-order valence-corrected chi connectivity index (χ0v) is 17.0. The number of nitrogens with zero attached hydrogens (tertiary/aromatic N) is 4. The van der Waals surface area contributed by atoms with Crippen molar-refractivity contribution < 1.29 is 4.79 Å². The number of aryl methyl sites for hydroxylation is 3. The van der Waals surface area contributed by atoms with E-state index < -0.39 is 0 Å². The van der Waals surface area contributed by atoms with Crippen LogP contribution in [0.5, 0.6) is 0 Å². The maximum absolute atomic E-state index is 12.5. The van der Waals surface area contributed by atoms with Crippen LogP contribution < -0.4 is 5.32 Å². The lowest BCUT2D eigenvalue weighted by Gasteiger charge is -2.07. The highest BCUT2D eigenvalue weighted by atomic mass is 32.1. The molecule has 0 saturated carbocycles. The molecule has 0 saturated heterocycles. The third-order valence-corrected chi connectivity index (χ3v) is 6.08. The summed E-state index contributed by atoms with van der Waals surface area (Å²) in [6.07, 6.45) is 0.333. The number of aromatic nitrogens is 4. The Morgan fingerprint density at radius 1 is 1.00 bits per heavy atom. The van der Waals surface area contributed by atoms with Crippen molar-refractivity contribution in [2.45, 2.75) is 26.8 Å². The monoisotopic (exact) mass is 401 g/mol. The fourth-order valence-electron chi connectivity index (χ4n) is 3.53. The van der Waals surface area contributed by atoms with E-state index in [0.29, 0.717) is 18.1 Å². The first-order chi connectivity index (χ1) is 14.1. The summed E-state index contributed by atoms with van der Waals surface area (Å²) >= 11 is 1.50. The molecule has 0 unspecified atom stereocenters. The van der Waals surface area contributed by atoms with E-state index in [9.17, 15) is 4.79 Å². The molecule has 0 atom stereocenters. The van der Waals surface area contributed by atoms with Gasteiger partial charge in [0.15, 0.2) is 10.8 Å². The van der Waals surface area contributed by atoms with Crippen molar-refractivity contribution in [2.24, 2.45) is 0 Å². The van der Waals surface area contributed by atoms with Gasteiger partial charge in [-0.15, -0.1) is 11.3 Å². The highest BCUT2D eigenvalue weighted by Crippen LogP contribution is 2.28. The average Bonchev–Trinajstić information content (AvgIpc) is 3.20. The summed E-state index contributed by atoms with van der Waals surface area (Å²) in [5.41, 5.74) is 5.38. The normalized spacial score (nSPS) is 11.5. The summed E-state index contributed by atoms with van der Waals surface area (Å²) in [5.74, 6) is -0.0570. The Kier molecular flexibility index (Phi) is 4.24. The number of nitrogens with one attached hydrogen (secondary N) is 1. The minimum absolute atomic E-state index is 0.0570. The molecule has 0 fully saturated rings. The first-order valence-corrected chi connectivity index (χ1v) is 10.3. The lowest BCUT2D eigenvalue weighted by atomic mass is 10.2. The molecule has 0 spiro atoms. The minimum Gasteiger partial charge on any atom is -0.323 e. The summed E-state index contributed by atoms with van der Waals surface area (Å²) in [6.45, 7) is 4.47. The SMILES string of the molecule is Cc1nc(NC(=O)CCn2c3ccccc3c3nc4ccccc4nc32)sc1C. The van der Waals surface area contributed by atoms with E-state index in [0.717, 1.165) is 43.7 Å². The number of amides is 1. The number of rotatable bonds is 4. The molecule has 0 aliphatic heterocycles. The van der Waals surface area contributed by atoms with Crippen LogP contribution in [0.15, 0.2) is 48.5 Å². The smallest absolute Gasteiger partial charge is 0.227 e. The van der Waals surface area contributed by atoms with E-state index in [1.54, 1.807) is 0 Å². The van der Waals surface area contributed by atoms with Crippen molar-refractivity contribution in [1.82, 2.24) is 19.5 Å². The molecule has 6 nitrogen and oxygen atoms in total. The molecule has 1 N–H and O–H groups in total. The Morgan fingerprint density at radius 2 is 1.72 bits per heavy atom. The number of benzene rings is 2. The topological polar surface area (TPSA) is 72.7 Å². The van der Waals surface area contributed by atoms with Crippen LogP contribution in [-0.4, -0.2) is 25.4 Å². The van der Waals surface area contributed by atoms with Crippen molar-refractivity contribution >= 4 is 55.5 Å². The third kappa shape index (κ3) is 3.13. The maximum Gasteiger partial charge on any atom is 0.227 e. The molecule has 3 heterocycles. The quantitative estimate of drug-likeness (QED) is 0.468. The van der Waals surface area contributed by atoms with Crippen LogP contribution in [0.2, 0.25) is 0 Å². The number of carbonyl (C=O) groups excluding carboxylic acids is 1. The molecule has 3 aromatic heterocycles. The Bertz CT molecular complexity index is 1370. The molecule has 29 heavy (non-hydrogen) atoms. The molecule has 0 bridgehead atoms. The number of hydrogen-bond acceptors (Lipinski definition) is 5. The summed E-state index contributed by atoms with van der Waals surface area (Å²) < 4.78 is 2.09. The van der Waals surface area contributed by atoms with E-state index >= 15 is 0 Å². The fourth-order valence-corrected chi connectivity index (χ4v) is 4.36. The van der Waals surface area contributed by atoms with Gasteiger partial charge in [0.05, 0.1) is 22.2 Å². The standard InChI is InChI=1S/C22H19N5OS/c1-13-14(2)29-22(23-13)26-19(28)11-12-27-18-10-6-3-7-15(18)20-21(27)25-17-9-5-4-8-16(17)24-20/h3-10H,11-12H2,1-2H3,(H,23,26,28). The number of anilines is 1. The highest BCUT2D eigenvalue weighted by molar-refractivity contribution is 7.15. The van der Waals surface area contributed by atoms with Crippen LogP contribution in [0, 0.1) is 13.8 Å². The van der Waals surface area contributed by atoms with Crippen LogP contribution in [0.1, 0.15) is 17.0 Å². The lowest BCUT2D eigenvalue weighted by Crippen LogP contribution is -2.14. The lowest BCUT2D eigenvalue weighted by molar-refractivity contribution is -0.116. The molecule has 5 rings (SSSR count). The molecule has 5 aromatic rings. The van der Waals surface area contributed by atoms with Gasteiger partial charge < -0.3 is 9.88 Å². The third-order valence-electron chi connectivity index (χ3n) is 5.10. The van der Waals surface area contributed by atoms with Gasteiger partial charge in [-0.2, -0.15) is 0 Å². The average molecular weight is 401 g/mol. The van der Waals surface area contributed by atoms with Crippen molar-refractivity contribution in [2.75, 3.05) is 5.32 Å². The van der Waals surface area contributed by atoms with Crippen LogP contribution in [-0.2, 0) is 11.3 Å². The van der Waals surface area contributed by atoms with Gasteiger partial charge in [0.25, 0.3) is 0 Å². The van der Waals surface area contributed by atoms with Gasteiger partial charge >= 0.3 is 0 Å². The predicted octanol–water partition coefficient (Wildman–Crippen LogP) is 4.84. The second-order valence-electron chi connectivity index (χ2n) is 7.01. The highest BCUT2D eigenvalue weighted by Gasteiger charge is 2.15. The van der Waals surface area contributed by atoms with Crippen molar-refractivity contribution in [3.63, 3.8) is 0 Å². The molecule has 1 amide bonds. The Morgan fingerprint density at radius 3 is 2.48 bits per heavy atom. The Balaban J connectivity index is 1.51. The largest absolute Gasteiger partial charge is 0.323 e. The second-order valence-corrected chi connectivity index (χ2v) is 8.22. The second kappa shape index (κ2) is 6.93. The van der Waals surface area contributed by atoms with Gasteiger partial charge in [-0.1, -0.05) is 30.3 Å². The number of para-hydroxylation sites is 3. The van der Waals surface area contributed by atoms with Gasteiger partial charge in [0.2, 0.25) is 5.91 Å². The van der Waals surface area contributed by atoms with E-state index in [1.807, 2.05) is 50.2 Å². The van der Waals surface area contributed by atoms with Gasteiger partial charge in [-0.25, -0.2) is 15.0 Å². The van der Waals surface area contributed by atoms with E-state index in [1.165, 1.54) is 11.3 Å². The van der Waals surface area contributed by atoms with Crippen molar-refractivity contribution in [1.29, 1.82) is 0 Å². The summed E-state index contributed by atoms with van der Waals surface area (Å²) in [7, 11) is 0. The summed E-state index contributed by atoms with van der Waals surface area (Å²) in [6, 6.07) is 16.0. The molecular formula is C22H19N5OS.